The Morgan fingerprint density at radius 3 is 2.68 bits per heavy atom. The number of furan rings is 1. The van der Waals surface area contributed by atoms with Gasteiger partial charge in [0.2, 0.25) is 0 Å². The summed E-state index contributed by atoms with van der Waals surface area (Å²) in [5.41, 5.74) is 3.60. The summed E-state index contributed by atoms with van der Waals surface area (Å²) in [6.07, 6.45) is 2.73. The van der Waals surface area contributed by atoms with Gasteiger partial charge in [-0.2, -0.15) is 5.10 Å². The number of carbonyl (C=O) groups excluding carboxylic acids is 1. The molecule has 28 heavy (non-hydrogen) atoms. The number of aromatic carboxylic acids is 1. The molecule has 3 aromatic rings. The van der Waals surface area contributed by atoms with E-state index in [0.717, 1.165) is 36.2 Å². The van der Waals surface area contributed by atoms with Gasteiger partial charge in [0.15, 0.2) is 5.69 Å². The molecule has 7 nitrogen and oxygen atoms in total. The third kappa shape index (κ3) is 3.09. The second kappa shape index (κ2) is 6.99. The topological polar surface area (TPSA) is 88.6 Å². The van der Waals surface area contributed by atoms with Gasteiger partial charge in [0.05, 0.1) is 12.2 Å². The Bertz CT molecular complexity index is 1050. The molecule has 0 saturated carbocycles. The van der Waals surface area contributed by atoms with Gasteiger partial charge in [-0.15, -0.1) is 0 Å². The van der Waals surface area contributed by atoms with Crippen molar-refractivity contribution in [2.75, 3.05) is 7.05 Å². The molecule has 1 N–H and O–H groups in total. The number of nitrogens with zero attached hydrogens (tertiary/aromatic N) is 3. The number of carbonyl (C=O) groups is 2. The van der Waals surface area contributed by atoms with E-state index in [1.165, 1.54) is 11.0 Å². The van der Waals surface area contributed by atoms with Crippen molar-refractivity contribution in [2.24, 2.45) is 0 Å². The first kappa shape index (κ1) is 18.0. The summed E-state index contributed by atoms with van der Waals surface area (Å²) in [7, 11) is 1.67. The van der Waals surface area contributed by atoms with Crippen LogP contribution in [-0.2, 0) is 19.4 Å². The minimum Gasteiger partial charge on any atom is -0.478 e. The van der Waals surface area contributed by atoms with E-state index in [2.05, 4.69) is 5.10 Å². The summed E-state index contributed by atoms with van der Waals surface area (Å²) < 4.78 is 7.36. The summed E-state index contributed by atoms with van der Waals surface area (Å²) in [5.74, 6) is -0.470. The minimum absolute atomic E-state index is 0.116. The molecule has 2 aromatic heterocycles. The van der Waals surface area contributed by atoms with Crippen molar-refractivity contribution in [2.45, 2.75) is 32.7 Å². The van der Waals surface area contributed by atoms with Crippen LogP contribution >= 0.6 is 0 Å². The molecule has 144 valence electrons. The number of para-hydroxylation sites is 1. The maximum absolute atomic E-state index is 13.1. The van der Waals surface area contributed by atoms with Gasteiger partial charge < -0.3 is 14.4 Å². The number of benzene rings is 1. The molecule has 0 fully saturated rings. The number of amides is 1. The maximum Gasteiger partial charge on any atom is 0.339 e. The highest BCUT2D eigenvalue weighted by Crippen LogP contribution is 2.28. The fraction of sp³-hybridized carbons (Fsp3) is 0.286. The van der Waals surface area contributed by atoms with Gasteiger partial charge >= 0.3 is 5.97 Å². The molecule has 2 heterocycles. The van der Waals surface area contributed by atoms with Crippen molar-refractivity contribution in [3.05, 3.63) is 70.4 Å². The minimum atomic E-state index is -1.04. The normalized spacial score (nSPS) is 12.8. The predicted octanol–water partition coefficient (Wildman–Crippen LogP) is 3.23. The van der Waals surface area contributed by atoms with Crippen molar-refractivity contribution in [3.63, 3.8) is 0 Å². The Kier molecular flexibility index (Phi) is 4.50. The highest BCUT2D eigenvalue weighted by molar-refractivity contribution is 5.94. The number of hydrogen-bond acceptors (Lipinski definition) is 4. The first-order valence-corrected chi connectivity index (χ1v) is 9.20. The Morgan fingerprint density at radius 1 is 1.25 bits per heavy atom. The molecule has 1 amide bonds. The summed E-state index contributed by atoms with van der Waals surface area (Å²) in [5, 5.41) is 13.8. The Labute approximate surface area is 162 Å². The van der Waals surface area contributed by atoms with Gasteiger partial charge in [0, 0.05) is 18.3 Å². The number of fused-ring (bicyclic) bond motifs is 1. The molecule has 0 atom stereocenters. The van der Waals surface area contributed by atoms with Crippen molar-refractivity contribution < 1.29 is 19.1 Å². The Balaban J connectivity index is 1.61. The number of aromatic nitrogens is 2. The van der Waals surface area contributed by atoms with Crippen LogP contribution in [0.4, 0.5) is 0 Å². The smallest absolute Gasteiger partial charge is 0.339 e. The van der Waals surface area contributed by atoms with E-state index in [1.807, 2.05) is 35.0 Å². The molecule has 0 radical (unpaired) electrons. The zero-order valence-electron chi connectivity index (χ0n) is 15.8. The molecule has 1 aliphatic carbocycles. The summed E-state index contributed by atoms with van der Waals surface area (Å²) in [4.78, 5) is 25.8. The number of carboxylic acids is 1. The van der Waals surface area contributed by atoms with Gasteiger partial charge in [-0.25, -0.2) is 9.48 Å². The third-order valence-corrected chi connectivity index (χ3v) is 5.07. The Morgan fingerprint density at radius 2 is 2.00 bits per heavy atom. The first-order valence-electron chi connectivity index (χ1n) is 9.20. The van der Waals surface area contributed by atoms with Crippen molar-refractivity contribution in [1.82, 2.24) is 14.7 Å². The lowest BCUT2D eigenvalue weighted by atomic mass is 10.2. The third-order valence-electron chi connectivity index (χ3n) is 5.07. The lowest BCUT2D eigenvalue weighted by Crippen LogP contribution is -2.27. The van der Waals surface area contributed by atoms with Crippen LogP contribution in [0.5, 0.6) is 0 Å². The molecule has 1 aromatic carbocycles. The van der Waals surface area contributed by atoms with E-state index in [9.17, 15) is 9.59 Å². The molecule has 0 bridgehead atoms. The molecular weight excluding hydrogens is 358 g/mol. The van der Waals surface area contributed by atoms with Crippen LogP contribution in [0.15, 0.2) is 40.8 Å². The van der Waals surface area contributed by atoms with E-state index in [0.29, 0.717) is 17.2 Å². The SMILES string of the molecule is Cc1oc(CN(C)C(=O)c2nn(-c3ccccc3)c3c2CCC3)cc1C(=O)O. The van der Waals surface area contributed by atoms with Crippen molar-refractivity contribution >= 4 is 11.9 Å². The standard InChI is InChI=1S/C21H21N3O4/c1-13-17(21(26)27)11-15(28-13)12-23(2)20(25)19-16-9-6-10-18(16)24(22-19)14-7-4-3-5-8-14/h3-5,7-8,11H,6,9-10,12H2,1-2H3,(H,26,27). The van der Waals surface area contributed by atoms with E-state index >= 15 is 0 Å². The van der Waals surface area contributed by atoms with Crippen LogP contribution in [0.3, 0.4) is 0 Å². The Hall–Kier alpha value is -3.35. The highest BCUT2D eigenvalue weighted by Gasteiger charge is 2.29. The van der Waals surface area contributed by atoms with Gasteiger partial charge in [-0.3, -0.25) is 4.79 Å². The van der Waals surface area contributed by atoms with E-state index in [1.54, 1.807) is 14.0 Å². The summed E-state index contributed by atoms with van der Waals surface area (Å²) in [6.45, 7) is 1.78. The largest absolute Gasteiger partial charge is 0.478 e. The molecule has 0 saturated heterocycles. The molecular formula is C21H21N3O4. The van der Waals surface area contributed by atoms with E-state index in [4.69, 9.17) is 9.52 Å². The van der Waals surface area contributed by atoms with Crippen LogP contribution in [0.1, 0.15) is 50.0 Å². The fourth-order valence-corrected chi connectivity index (χ4v) is 3.71. The molecule has 0 spiro atoms. The van der Waals surface area contributed by atoms with Crippen molar-refractivity contribution in [3.8, 4) is 5.69 Å². The van der Waals surface area contributed by atoms with E-state index in [-0.39, 0.29) is 18.0 Å². The maximum atomic E-state index is 13.1. The van der Waals surface area contributed by atoms with Gasteiger partial charge in [-0.1, -0.05) is 18.2 Å². The monoisotopic (exact) mass is 379 g/mol. The number of aryl methyl sites for hydroxylation is 1. The number of hydrogen-bond donors (Lipinski definition) is 1. The summed E-state index contributed by atoms with van der Waals surface area (Å²) in [6, 6.07) is 11.3. The van der Waals surface area contributed by atoms with Crippen LogP contribution in [-0.4, -0.2) is 38.7 Å². The molecule has 0 aliphatic heterocycles. The van der Waals surface area contributed by atoms with Crippen LogP contribution < -0.4 is 0 Å². The second-order valence-electron chi connectivity index (χ2n) is 7.02. The first-order chi connectivity index (χ1) is 13.5. The van der Waals surface area contributed by atoms with Crippen LogP contribution in [0.25, 0.3) is 5.69 Å². The van der Waals surface area contributed by atoms with Crippen LogP contribution in [0.2, 0.25) is 0 Å². The van der Waals surface area contributed by atoms with Gasteiger partial charge in [0.25, 0.3) is 5.91 Å². The van der Waals surface area contributed by atoms with E-state index < -0.39 is 5.97 Å². The molecule has 0 unspecified atom stereocenters. The second-order valence-corrected chi connectivity index (χ2v) is 7.02. The molecule has 1 aliphatic rings. The fourth-order valence-electron chi connectivity index (χ4n) is 3.71. The molecule has 4 rings (SSSR count). The predicted molar refractivity (Wildman–Crippen MR) is 102 cm³/mol. The van der Waals surface area contributed by atoms with Gasteiger partial charge in [0.1, 0.15) is 17.1 Å². The average Bonchev–Trinajstić information content (AvgIpc) is 3.37. The summed E-state index contributed by atoms with van der Waals surface area (Å²) >= 11 is 0. The lowest BCUT2D eigenvalue weighted by molar-refractivity contribution is 0.0694. The average molecular weight is 379 g/mol. The van der Waals surface area contributed by atoms with Crippen LogP contribution in [0, 0.1) is 6.92 Å². The number of carboxylic acid groups (broad SMARTS) is 1. The number of rotatable bonds is 5. The lowest BCUT2D eigenvalue weighted by Gasteiger charge is -2.15. The highest BCUT2D eigenvalue weighted by atomic mass is 16.4. The zero-order chi connectivity index (χ0) is 19.8. The quantitative estimate of drug-likeness (QED) is 0.735. The van der Waals surface area contributed by atoms with Crippen molar-refractivity contribution in [1.29, 1.82) is 0 Å². The zero-order valence-corrected chi connectivity index (χ0v) is 15.8. The molecule has 7 heteroatoms. The van der Waals surface area contributed by atoms with Gasteiger partial charge in [-0.05, 0) is 44.4 Å².